The second-order valence-electron chi connectivity index (χ2n) is 3.23. The van der Waals surface area contributed by atoms with Crippen LogP contribution >= 0.6 is 0 Å². The van der Waals surface area contributed by atoms with E-state index in [1.807, 2.05) is 0 Å². The molecule has 0 aliphatic carbocycles. The monoisotopic (exact) mass is 238 g/mol. The summed E-state index contributed by atoms with van der Waals surface area (Å²) in [4.78, 5) is 0. The molecule has 0 aliphatic rings. The number of furan rings is 1. The highest BCUT2D eigenvalue weighted by molar-refractivity contribution is 5.10. The van der Waals surface area contributed by atoms with Gasteiger partial charge in [0, 0.05) is 12.2 Å². The fourth-order valence-corrected chi connectivity index (χ4v) is 1.21. The summed E-state index contributed by atoms with van der Waals surface area (Å²) < 4.78 is 44.6. The molecule has 0 saturated heterocycles. The largest absolute Gasteiger partial charge is 0.472 e. The molecule has 92 valence electrons. The molecule has 3 N–H and O–H groups in total. The highest BCUT2D eigenvalue weighted by atomic mass is 19.4. The molecule has 0 bridgehead atoms. The number of hydrogen-bond donors (Lipinski definition) is 2. The number of nitrogens with one attached hydrogen (secondary N) is 1. The molecular weight excluding hydrogens is 225 g/mol. The smallest absolute Gasteiger partial charge is 0.411 e. The topological polar surface area (TPSA) is 60.4 Å². The van der Waals surface area contributed by atoms with Crippen LogP contribution in [0.15, 0.2) is 23.0 Å². The van der Waals surface area contributed by atoms with Crippen LogP contribution in [0.1, 0.15) is 18.0 Å². The molecular formula is C9H13F3N2O2. The average Bonchev–Trinajstić information content (AvgIpc) is 2.69. The standard InChI is InChI=1S/C9H13F3N2O2/c10-9(11,12)6-16-4-2-8(14-13)7-1-3-15-5-7/h1,3,5,8,14H,2,4,6,13H2. The first-order valence-electron chi connectivity index (χ1n) is 4.65. The third-order valence-electron chi connectivity index (χ3n) is 1.96. The quantitative estimate of drug-likeness (QED) is 0.450. The van der Waals surface area contributed by atoms with E-state index in [0.717, 1.165) is 5.56 Å². The Kier molecular flexibility index (Phi) is 4.78. The summed E-state index contributed by atoms with van der Waals surface area (Å²) in [6.07, 6.45) is -1.00. The van der Waals surface area contributed by atoms with Gasteiger partial charge in [0.25, 0.3) is 0 Å². The lowest BCUT2D eigenvalue weighted by Gasteiger charge is -2.14. The maximum Gasteiger partial charge on any atom is 0.411 e. The van der Waals surface area contributed by atoms with Crippen LogP contribution in [0.3, 0.4) is 0 Å². The Morgan fingerprint density at radius 2 is 2.25 bits per heavy atom. The van der Waals surface area contributed by atoms with Gasteiger partial charge < -0.3 is 9.15 Å². The van der Waals surface area contributed by atoms with Crippen LogP contribution in [0.2, 0.25) is 0 Å². The normalized spacial score (nSPS) is 14.0. The number of rotatable bonds is 6. The van der Waals surface area contributed by atoms with Gasteiger partial charge in [-0.05, 0) is 12.5 Å². The fourth-order valence-electron chi connectivity index (χ4n) is 1.21. The summed E-state index contributed by atoms with van der Waals surface area (Å²) >= 11 is 0. The summed E-state index contributed by atoms with van der Waals surface area (Å²) in [5.41, 5.74) is 3.26. The van der Waals surface area contributed by atoms with E-state index in [1.54, 1.807) is 6.07 Å². The molecule has 0 aliphatic heterocycles. The molecule has 0 fully saturated rings. The van der Waals surface area contributed by atoms with Gasteiger partial charge in [0.05, 0.1) is 18.6 Å². The molecule has 7 heteroatoms. The number of hydrazine groups is 1. The zero-order valence-corrected chi connectivity index (χ0v) is 8.46. The minimum atomic E-state index is -4.29. The minimum Gasteiger partial charge on any atom is -0.472 e. The van der Waals surface area contributed by atoms with E-state index >= 15 is 0 Å². The van der Waals surface area contributed by atoms with Gasteiger partial charge >= 0.3 is 6.18 Å². The van der Waals surface area contributed by atoms with Gasteiger partial charge in [0.15, 0.2) is 0 Å². The molecule has 1 atom stereocenters. The Morgan fingerprint density at radius 1 is 1.50 bits per heavy atom. The lowest BCUT2D eigenvalue weighted by molar-refractivity contribution is -0.174. The maximum absolute atomic E-state index is 11.8. The Balaban J connectivity index is 2.25. The van der Waals surface area contributed by atoms with E-state index in [2.05, 4.69) is 10.2 Å². The second kappa shape index (κ2) is 5.88. The van der Waals surface area contributed by atoms with E-state index in [1.165, 1.54) is 12.5 Å². The van der Waals surface area contributed by atoms with Crippen molar-refractivity contribution in [3.05, 3.63) is 24.2 Å². The van der Waals surface area contributed by atoms with Crippen LogP contribution in [-0.2, 0) is 4.74 Å². The summed E-state index contributed by atoms with van der Waals surface area (Å²) in [5.74, 6) is 5.26. The SMILES string of the molecule is NNC(CCOCC(F)(F)F)c1ccoc1. The fraction of sp³-hybridized carbons (Fsp3) is 0.556. The van der Waals surface area contributed by atoms with Crippen LogP contribution in [0.25, 0.3) is 0 Å². The lowest BCUT2D eigenvalue weighted by atomic mass is 10.1. The molecule has 0 aromatic carbocycles. The van der Waals surface area contributed by atoms with Gasteiger partial charge in [-0.25, -0.2) is 0 Å². The lowest BCUT2D eigenvalue weighted by Crippen LogP contribution is -2.29. The van der Waals surface area contributed by atoms with Gasteiger partial charge in [-0.3, -0.25) is 11.3 Å². The zero-order chi connectivity index (χ0) is 12.0. The van der Waals surface area contributed by atoms with Crippen molar-refractivity contribution in [2.75, 3.05) is 13.2 Å². The van der Waals surface area contributed by atoms with Gasteiger partial charge in [0.1, 0.15) is 6.61 Å². The van der Waals surface area contributed by atoms with Crippen molar-refractivity contribution in [1.82, 2.24) is 5.43 Å². The Labute approximate surface area is 90.5 Å². The highest BCUT2D eigenvalue weighted by Crippen LogP contribution is 2.18. The minimum absolute atomic E-state index is 0.0282. The van der Waals surface area contributed by atoms with Crippen molar-refractivity contribution >= 4 is 0 Å². The van der Waals surface area contributed by atoms with Gasteiger partial charge in [-0.15, -0.1) is 0 Å². The van der Waals surface area contributed by atoms with Crippen LogP contribution in [0.5, 0.6) is 0 Å². The zero-order valence-electron chi connectivity index (χ0n) is 8.46. The van der Waals surface area contributed by atoms with Crippen LogP contribution in [-0.4, -0.2) is 19.4 Å². The summed E-state index contributed by atoms with van der Waals surface area (Å²) in [5, 5.41) is 0. The second-order valence-corrected chi connectivity index (χ2v) is 3.23. The number of nitrogens with two attached hydrogens (primary N) is 1. The first kappa shape index (κ1) is 13.0. The van der Waals surface area contributed by atoms with Crippen molar-refractivity contribution in [2.24, 2.45) is 5.84 Å². The average molecular weight is 238 g/mol. The summed E-state index contributed by atoms with van der Waals surface area (Å²) in [7, 11) is 0. The molecule has 0 radical (unpaired) electrons. The third-order valence-corrected chi connectivity index (χ3v) is 1.96. The predicted octanol–water partition coefficient (Wildman–Crippen LogP) is 1.75. The van der Waals surface area contributed by atoms with Gasteiger partial charge in [0.2, 0.25) is 0 Å². The Hall–Kier alpha value is -1.05. The van der Waals surface area contributed by atoms with E-state index in [4.69, 9.17) is 10.3 Å². The number of alkyl halides is 3. The van der Waals surface area contributed by atoms with Crippen LogP contribution in [0, 0.1) is 0 Å². The van der Waals surface area contributed by atoms with Gasteiger partial charge in [-0.1, -0.05) is 0 Å². The number of ether oxygens (including phenoxy) is 1. The maximum atomic E-state index is 11.8. The molecule has 1 unspecified atom stereocenters. The molecule has 0 spiro atoms. The molecule has 4 nitrogen and oxygen atoms in total. The van der Waals surface area contributed by atoms with Gasteiger partial charge in [-0.2, -0.15) is 13.2 Å². The van der Waals surface area contributed by atoms with Crippen molar-refractivity contribution in [1.29, 1.82) is 0 Å². The van der Waals surface area contributed by atoms with E-state index in [9.17, 15) is 13.2 Å². The third kappa shape index (κ3) is 4.65. The van der Waals surface area contributed by atoms with Crippen molar-refractivity contribution < 1.29 is 22.3 Å². The van der Waals surface area contributed by atoms with Crippen LogP contribution in [0.4, 0.5) is 13.2 Å². The molecule has 1 aromatic heterocycles. The molecule has 1 rings (SSSR count). The molecule has 0 amide bonds. The molecule has 0 saturated carbocycles. The highest BCUT2D eigenvalue weighted by Gasteiger charge is 2.27. The first-order valence-corrected chi connectivity index (χ1v) is 4.65. The van der Waals surface area contributed by atoms with Crippen molar-refractivity contribution in [3.63, 3.8) is 0 Å². The molecule has 16 heavy (non-hydrogen) atoms. The van der Waals surface area contributed by atoms with Crippen LogP contribution < -0.4 is 11.3 Å². The summed E-state index contributed by atoms with van der Waals surface area (Å²) in [6, 6.07) is 1.42. The molecule has 1 heterocycles. The Morgan fingerprint density at radius 3 is 2.75 bits per heavy atom. The van der Waals surface area contributed by atoms with Crippen molar-refractivity contribution in [2.45, 2.75) is 18.6 Å². The first-order chi connectivity index (χ1) is 7.53. The number of halogens is 3. The summed E-state index contributed by atoms with van der Waals surface area (Å²) in [6.45, 7) is -1.27. The van der Waals surface area contributed by atoms with E-state index in [0.29, 0.717) is 6.42 Å². The number of hydrogen-bond acceptors (Lipinski definition) is 4. The molecule has 1 aromatic rings. The van der Waals surface area contributed by atoms with E-state index in [-0.39, 0.29) is 12.6 Å². The Bertz CT molecular complexity index is 287. The van der Waals surface area contributed by atoms with Crippen molar-refractivity contribution in [3.8, 4) is 0 Å². The predicted molar refractivity (Wildman–Crippen MR) is 50.3 cm³/mol. The van der Waals surface area contributed by atoms with E-state index < -0.39 is 12.8 Å².